The van der Waals surface area contributed by atoms with Gasteiger partial charge in [0.05, 0.1) is 6.42 Å². The van der Waals surface area contributed by atoms with Gasteiger partial charge in [-0.2, -0.15) is 0 Å². The summed E-state index contributed by atoms with van der Waals surface area (Å²) in [6.07, 6.45) is 2.88. The van der Waals surface area contributed by atoms with E-state index in [9.17, 15) is 9.59 Å². The van der Waals surface area contributed by atoms with Crippen molar-refractivity contribution in [2.45, 2.75) is 19.8 Å². The van der Waals surface area contributed by atoms with Crippen LogP contribution in [0.1, 0.15) is 19.8 Å². The Morgan fingerprint density at radius 3 is 2.69 bits per heavy atom. The number of likely N-dealkylation sites (N-methyl/N-ethyl adjacent to an activating group) is 1. The van der Waals surface area contributed by atoms with E-state index in [1.807, 2.05) is 6.92 Å². The Kier molecular flexibility index (Phi) is 3.06. The largest absolute Gasteiger partial charge is 0.391 e. The molecule has 2 amide bonds. The molecule has 0 aromatic heterocycles. The second-order valence-electron chi connectivity index (χ2n) is 3.06. The van der Waals surface area contributed by atoms with Gasteiger partial charge in [0.25, 0.3) is 5.91 Å². The number of likely N-dealkylation sites (tertiary alicyclic amines) is 1. The molecule has 0 atom stereocenters. The summed E-state index contributed by atoms with van der Waals surface area (Å²) in [7, 11) is 1.51. The second kappa shape index (κ2) is 4.07. The Bertz CT molecular complexity index is 258. The Hall–Kier alpha value is -1.32. The van der Waals surface area contributed by atoms with E-state index in [4.69, 9.17) is 0 Å². The summed E-state index contributed by atoms with van der Waals surface area (Å²) >= 11 is 0. The number of rotatable bonds is 3. The minimum absolute atomic E-state index is 0.130. The summed E-state index contributed by atoms with van der Waals surface area (Å²) in [5.41, 5.74) is 0.556. The van der Waals surface area contributed by atoms with Gasteiger partial charge in [0.1, 0.15) is 0 Å². The van der Waals surface area contributed by atoms with Gasteiger partial charge in [0.15, 0.2) is 0 Å². The summed E-state index contributed by atoms with van der Waals surface area (Å²) in [5.74, 6) is -0.317. The smallest absolute Gasteiger partial charge is 0.258 e. The SMILES string of the molecule is CCCN/C=C1\CC(=O)N(C)C1=O. The summed E-state index contributed by atoms with van der Waals surface area (Å²) in [6, 6.07) is 0. The van der Waals surface area contributed by atoms with Crippen LogP contribution < -0.4 is 5.32 Å². The van der Waals surface area contributed by atoms with Crippen molar-refractivity contribution in [1.82, 2.24) is 10.2 Å². The van der Waals surface area contributed by atoms with E-state index in [-0.39, 0.29) is 18.2 Å². The second-order valence-corrected chi connectivity index (χ2v) is 3.06. The molecule has 4 nitrogen and oxygen atoms in total. The predicted molar refractivity (Wildman–Crippen MR) is 48.8 cm³/mol. The molecule has 1 saturated heterocycles. The van der Waals surface area contributed by atoms with Crippen LogP contribution in [0.25, 0.3) is 0 Å². The Labute approximate surface area is 77.6 Å². The first kappa shape index (κ1) is 9.77. The van der Waals surface area contributed by atoms with Crippen molar-refractivity contribution in [3.8, 4) is 0 Å². The number of carbonyl (C=O) groups is 2. The Morgan fingerprint density at radius 1 is 1.54 bits per heavy atom. The zero-order valence-corrected chi connectivity index (χ0v) is 7.96. The van der Waals surface area contributed by atoms with E-state index in [0.29, 0.717) is 5.57 Å². The first-order chi connectivity index (χ1) is 6.16. The topological polar surface area (TPSA) is 49.4 Å². The molecule has 0 radical (unpaired) electrons. The summed E-state index contributed by atoms with van der Waals surface area (Å²) in [6.45, 7) is 2.87. The molecule has 1 heterocycles. The van der Waals surface area contributed by atoms with Gasteiger partial charge in [-0.3, -0.25) is 14.5 Å². The fraction of sp³-hybridized carbons (Fsp3) is 0.556. The van der Waals surface area contributed by atoms with Gasteiger partial charge in [-0.05, 0) is 6.42 Å². The first-order valence-corrected chi connectivity index (χ1v) is 4.40. The molecular formula is C9H14N2O2. The van der Waals surface area contributed by atoms with Crippen molar-refractivity contribution < 1.29 is 9.59 Å². The maximum atomic E-state index is 11.3. The average molecular weight is 182 g/mol. The zero-order valence-electron chi connectivity index (χ0n) is 7.96. The molecule has 0 aromatic rings. The molecule has 0 bridgehead atoms. The van der Waals surface area contributed by atoms with Crippen LogP contribution in [0.3, 0.4) is 0 Å². The van der Waals surface area contributed by atoms with Gasteiger partial charge >= 0.3 is 0 Å². The molecule has 1 rings (SSSR count). The van der Waals surface area contributed by atoms with E-state index in [0.717, 1.165) is 17.9 Å². The van der Waals surface area contributed by atoms with Crippen molar-refractivity contribution >= 4 is 11.8 Å². The van der Waals surface area contributed by atoms with Gasteiger partial charge in [0, 0.05) is 25.4 Å². The molecule has 1 fully saturated rings. The van der Waals surface area contributed by atoms with E-state index < -0.39 is 0 Å². The Morgan fingerprint density at radius 2 is 2.23 bits per heavy atom. The average Bonchev–Trinajstić information content (AvgIpc) is 2.34. The maximum absolute atomic E-state index is 11.3. The molecule has 4 heteroatoms. The van der Waals surface area contributed by atoms with Crippen LogP contribution in [0.2, 0.25) is 0 Å². The summed E-state index contributed by atoms with van der Waals surface area (Å²) < 4.78 is 0. The van der Waals surface area contributed by atoms with Gasteiger partial charge in [-0.1, -0.05) is 6.92 Å². The van der Waals surface area contributed by atoms with Crippen molar-refractivity contribution in [2.75, 3.05) is 13.6 Å². The fourth-order valence-corrected chi connectivity index (χ4v) is 1.14. The minimum atomic E-state index is -0.186. The van der Waals surface area contributed by atoms with Gasteiger partial charge in [-0.15, -0.1) is 0 Å². The van der Waals surface area contributed by atoms with Crippen molar-refractivity contribution in [2.24, 2.45) is 0 Å². The van der Waals surface area contributed by atoms with Crippen LogP contribution >= 0.6 is 0 Å². The third-order valence-electron chi connectivity index (χ3n) is 1.97. The lowest BCUT2D eigenvalue weighted by molar-refractivity contribution is -0.135. The molecule has 0 unspecified atom stereocenters. The van der Waals surface area contributed by atoms with E-state index in [1.165, 1.54) is 7.05 Å². The molecule has 0 saturated carbocycles. The van der Waals surface area contributed by atoms with Crippen LogP contribution in [0.15, 0.2) is 11.8 Å². The number of carbonyl (C=O) groups excluding carboxylic acids is 2. The number of amides is 2. The monoisotopic (exact) mass is 182 g/mol. The number of hydrogen-bond acceptors (Lipinski definition) is 3. The number of nitrogens with zero attached hydrogens (tertiary/aromatic N) is 1. The molecule has 1 aliphatic rings. The highest BCUT2D eigenvalue weighted by atomic mass is 16.2. The minimum Gasteiger partial charge on any atom is -0.391 e. The molecule has 1 N–H and O–H groups in total. The third kappa shape index (κ3) is 2.08. The lowest BCUT2D eigenvalue weighted by atomic mass is 10.2. The Balaban J connectivity index is 2.57. The zero-order chi connectivity index (χ0) is 9.84. The van der Waals surface area contributed by atoms with Crippen molar-refractivity contribution in [3.05, 3.63) is 11.8 Å². The van der Waals surface area contributed by atoms with Crippen molar-refractivity contribution in [3.63, 3.8) is 0 Å². The number of imide groups is 1. The quantitative estimate of drug-likeness (QED) is 0.387. The highest BCUT2D eigenvalue weighted by Gasteiger charge is 2.30. The molecule has 0 spiro atoms. The van der Waals surface area contributed by atoms with Crippen LogP contribution in [0, 0.1) is 0 Å². The normalized spacial score (nSPS) is 20.2. The molecular weight excluding hydrogens is 168 g/mol. The number of nitrogens with one attached hydrogen (secondary N) is 1. The van der Waals surface area contributed by atoms with Crippen LogP contribution in [-0.4, -0.2) is 30.3 Å². The van der Waals surface area contributed by atoms with Crippen LogP contribution in [0.4, 0.5) is 0 Å². The molecule has 1 aliphatic heterocycles. The third-order valence-corrected chi connectivity index (χ3v) is 1.97. The maximum Gasteiger partial charge on any atom is 0.258 e. The first-order valence-electron chi connectivity index (χ1n) is 4.40. The molecule has 13 heavy (non-hydrogen) atoms. The standard InChI is InChI=1S/C9H14N2O2/c1-3-4-10-6-7-5-8(12)11(2)9(7)13/h6,10H,3-5H2,1-2H3/b7-6+. The summed E-state index contributed by atoms with van der Waals surface area (Å²) in [5, 5.41) is 2.99. The fourth-order valence-electron chi connectivity index (χ4n) is 1.14. The molecule has 0 aromatic carbocycles. The van der Waals surface area contributed by atoms with E-state index >= 15 is 0 Å². The predicted octanol–water partition coefficient (Wildman–Crippen LogP) is 0.259. The van der Waals surface area contributed by atoms with E-state index in [2.05, 4.69) is 5.32 Å². The van der Waals surface area contributed by atoms with Gasteiger partial charge in [0.2, 0.25) is 5.91 Å². The summed E-state index contributed by atoms with van der Waals surface area (Å²) in [4.78, 5) is 23.5. The molecule has 72 valence electrons. The highest BCUT2D eigenvalue weighted by molar-refractivity contribution is 6.12. The van der Waals surface area contributed by atoms with Crippen LogP contribution in [0.5, 0.6) is 0 Å². The molecule has 0 aliphatic carbocycles. The lowest BCUT2D eigenvalue weighted by Gasteiger charge is -2.02. The van der Waals surface area contributed by atoms with E-state index in [1.54, 1.807) is 6.20 Å². The van der Waals surface area contributed by atoms with Gasteiger partial charge < -0.3 is 5.32 Å². The van der Waals surface area contributed by atoms with Crippen molar-refractivity contribution in [1.29, 1.82) is 0 Å². The van der Waals surface area contributed by atoms with Crippen LogP contribution in [-0.2, 0) is 9.59 Å². The lowest BCUT2D eigenvalue weighted by Crippen LogP contribution is -2.24. The highest BCUT2D eigenvalue weighted by Crippen LogP contribution is 2.15. The number of hydrogen-bond donors (Lipinski definition) is 1. The van der Waals surface area contributed by atoms with Gasteiger partial charge in [-0.25, -0.2) is 0 Å².